The highest BCUT2D eigenvalue weighted by atomic mass is 16.6. The van der Waals surface area contributed by atoms with Gasteiger partial charge in [0.25, 0.3) is 0 Å². The highest BCUT2D eigenvalue weighted by Crippen LogP contribution is 2.52. The van der Waals surface area contributed by atoms with E-state index >= 15 is 0 Å². The van der Waals surface area contributed by atoms with Crippen LogP contribution in [0.15, 0.2) is 60.7 Å². The Labute approximate surface area is 195 Å². The summed E-state index contributed by atoms with van der Waals surface area (Å²) < 4.78 is 0. The minimum absolute atomic E-state index is 0.0291. The molecule has 2 aliphatic heterocycles. The van der Waals surface area contributed by atoms with Crippen molar-refractivity contribution in [1.82, 2.24) is 15.7 Å². The standard InChI is InChI=1S/C26H32N4O3/c31-24(28-33-18-20-7-3-1-4-8-20)22-17-26(11-12-26)19-27-23(22)25(32)30-15-13-29(14-16-30)21-9-5-2-6-10-21/h1-10,22-23,27H,11-19H2,(H,28,31)/t22-,23-/m0/s1. The molecular weight excluding hydrogens is 416 g/mol. The first-order chi connectivity index (χ1) is 16.1. The zero-order valence-electron chi connectivity index (χ0n) is 18.9. The topological polar surface area (TPSA) is 73.9 Å². The molecule has 2 aromatic carbocycles. The molecule has 3 fully saturated rings. The number of para-hydroxylation sites is 1. The first kappa shape index (κ1) is 21.9. The van der Waals surface area contributed by atoms with E-state index in [-0.39, 0.29) is 17.2 Å². The number of hydrogen-bond acceptors (Lipinski definition) is 5. The number of anilines is 1. The lowest BCUT2D eigenvalue weighted by molar-refractivity contribution is -0.148. The molecule has 2 amide bonds. The Hall–Kier alpha value is -2.90. The molecule has 2 aromatic rings. The van der Waals surface area contributed by atoms with Gasteiger partial charge in [0.05, 0.1) is 18.6 Å². The van der Waals surface area contributed by atoms with E-state index in [0.717, 1.165) is 44.5 Å². The number of hydrogen-bond donors (Lipinski definition) is 2. The second-order valence-electron chi connectivity index (χ2n) is 9.56. The maximum Gasteiger partial charge on any atom is 0.248 e. The molecular formula is C26H32N4O3. The van der Waals surface area contributed by atoms with Gasteiger partial charge >= 0.3 is 0 Å². The molecule has 1 spiro atoms. The molecule has 33 heavy (non-hydrogen) atoms. The van der Waals surface area contributed by atoms with Crippen LogP contribution in [0.25, 0.3) is 0 Å². The van der Waals surface area contributed by atoms with E-state index in [1.807, 2.05) is 53.4 Å². The minimum Gasteiger partial charge on any atom is -0.368 e. The number of rotatable bonds is 6. The molecule has 1 saturated carbocycles. The number of amides is 2. The average molecular weight is 449 g/mol. The van der Waals surface area contributed by atoms with Gasteiger partial charge in [-0.25, -0.2) is 5.48 Å². The zero-order chi connectivity index (χ0) is 22.7. The smallest absolute Gasteiger partial charge is 0.248 e. The van der Waals surface area contributed by atoms with Crippen LogP contribution < -0.4 is 15.7 Å². The summed E-state index contributed by atoms with van der Waals surface area (Å²) in [7, 11) is 0. The van der Waals surface area contributed by atoms with Gasteiger partial charge in [-0.15, -0.1) is 0 Å². The highest BCUT2D eigenvalue weighted by molar-refractivity contribution is 5.90. The summed E-state index contributed by atoms with van der Waals surface area (Å²) in [5.41, 5.74) is 4.97. The number of piperazine rings is 1. The Kier molecular flexibility index (Phi) is 6.33. The van der Waals surface area contributed by atoms with Crippen molar-refractivity contribution in [3.05, 3.63) is 66.2 Å². The van der Waals surface area contributed by atoms with Crippen molar-refractivity contribution in [3.8, 4) is 0 Å². The molecule has 0 aromatic heterocycles. The summed E-state index contributed by atoms with van der Waals surface area (Å²) >= 11 is 0. The van der Waals surface area contributed by atoms with Crippen molar-refractivity contribution in [1.29, 1.82) is 0 Å². The molecule has 2 N–H and O–H groups in total. The number of hydroxylamine groups is 1. The van der Waals surface area contributed by atoms with Gasteiger partial charge in [-0.1, -0.05) is 48.5 Å². The summed E-state index contributed by atoms with van der Waals surface area (Å²) in [6.07, 6.45) is 2.97. The lowest BCUT2D eigenvalue weighted by Gasteiger charge is -2.41. The molecule has 5 rings (SSSR count). The van der Waals surface area contributed by atoms with Crippen LogP contribution in [0.4, 0.5) is 5.69 Å². The Balaban J connectivity index is 1.19. The summed E-state index contributed by atoms with van der Waals surface area (Å²) in [5.74, 6) is -0.594. The van der Waals surface area contributed by atoms with Crippen LogP contribution in [-0.4, -0.2) is 55.5 Å². The van der Waals surface area contributed by atoms with Crippen LogP contribution in [0.2, 0.25) is 0 Å². The maximum absolute atomic E-state index is 13.5. The van der Waals surface area contributed by atoms with Gasteiger partial charge in [0.2, 0.25) is 11.8 Å². The molecule has 3 aliphatic rings. The molecule has 1 aliphatic carbocycles. The van der Waals surface area contributed by atoms with Gasteiger partial charge in [-0.2, -0.15) is 0 Å². The SMILES string of the molecule is O=C(NOCc1ccccc1)[C@H]1CC2(CC2)CN[C@@H]1C(=O)N1CCN(c2ccccc2)CC1. The molecule has 0 unspecified atom stereocenters. The number of nitrogens with one attached hydrogen (secondary N) is 2. The fourth-order valence-electron chi connectivity index (χ4n) is 5.05. The second kappa shape index (κ2) is 9.53. The van der Waals surface area contributed by atoms with Gasteiger partial charge in [-0.05, 0) is 42.4 Å². The van der Waals surface area contributed by atoms with Gasteiger partial charge in [0.1, 0.15) is 0 Å². The summed E-state index contributed by atoms with van der Waals surface area (Å²) in [6, 6.07) is 19.5. The average Bonchev–Trinajstić information content (AvgIpc) is 3.63. The Morgan fingerprint density at radius 1 is 0.970 bits per heavy atom. The van der Waals surface area contributed by atoms with Crippen LogP contribution in [0, 0.1) is 11.3 Å². The number of piperidine rings is 1. The quantitative estimate of drug-likeness (QED) is 0.664. The Morgan fingerprint density at radius 3 is 2.30 bits per heavy atom. The van der Waals surface area contributed by atoms with Crippen LogP contribution in [0.1, 0.15) is 24.8 Å². The van der Waals surface area contributed by atoms with E-state index in [0.29, 0.717) is 19.7 Å². The maximum atomic E-state index is 13.5. The van der Waals surface area contributed by atoms with E-state index < -0.39 is 12.0 Å². The first-order valence-corrected chi connectivity index (χ1v) is 11.9. The normalized spacial score (nSPS) is 23.9. The predicted molar refractivity (Wildman–Crippen MR) is 126 cm³/mol. The molecule has 2 heterocycles. The Bertz CT molecular complexity index is 956. The second-order valence-corrected chi connectivity index (χ2v) is 9.56. The van der Waals surface area contributed by atoms with Crippen LogP contribution in [0.3, 0.4) is 0 Å². The number of carbonyl (C=O) groups is 2. The van der Waals surface area contributed by atoms with Crippen LogP contribution in [0.5, 0.6) is 0 Å². The van der Waals surface area contributed by atoms with Crippen molar-refractivity contribution in [2.24, 2.45) is 11.3 Å². The van der Waals surface area contributed by atoms with Crippen molar-refractivity contribution >= 4 is 17.5 Å². The van der Waals surface area contributed by atoms with Gasteiger partial charge < -0.3 is 15.1 Å². The van der Waals surface area contributed by atoms with E-state index in [1.54, 1.807) is 0 Å². The number of carbonyl (C=O) groups excluding carboxylic acids is 2. The summed E-state index contributed by atoms with van der Waals surface area (Å²) in [6.45, 7) is 4.03. The third-order valence-corrected chi connectivity index (χ3v) is 7.28. The number of nitrogens with zero attached hydrogens (tertiary/aromatic N) is 2. The van der Waals surface area contributed by atoms with Crippen molar-refractivity contribution < 1.29 is 14.4 Å². The van der Waals surface area contributed by atoms with Crippen LogP contribution in [-0.2, 0) is 21.0 Å². The van der Waals surface area contributed by atoms with Gasteiger partial charge in [0, 0.05) is 38.4 Å². The van der Waals surface area contributed by atoms with Gasteiger partial charge in [-0.3, -0.25) is 14.4 Å². The van der Waals surface area contributed by atoms with Crippen LogP contribution >= 0.6 is 0 Å². The molecule has 2 saturated heterocycles. The molecule has 174 valence electrons. The van der Waals surface area contributed by atoms with Crippen molar-refractivity contribution in [3.63, 3.8) is 0 Å². The lowest BCUT2D eigenvalue weighted by atomic mass is 9.81. The molecule has 2 atom stereocenters. The highest BCUT2D eigenvalue weighted by Gasteiger charge is 2.52. The third kappa shape index (κ3) is 5.04. The lowest BCUT2D eigenvalue weighted by Crippen LogP contribution is -2.61. The minimum atomic E-state index is -0.500. The van der Waals surface area contributed by atoms with Gasteiger partial charge in [0.15, 0.2) is 0 Å². The number of benzene rings is 2. The van der Waals surface area contributed by atoms with Crippen molar-refractivity contribution in [2.75, 3.05) is 37.6 Å². The fraction of sp³-hybridized carbons (Fsp3) is 0.462. The zero-order valence-corrected chi connectivity index (χ0v) is 18.9. The first-order valence-electron chi connectivity index (χ1n) is 11.9. The Morgan fingerprint density at radius 2 is 1.64 bits per heavy atom. The van der Waals surface area contributed by atoms with E-state index in [2.05, 4.69) is 27.8 Å². The van der Waals surface area contributed by atoms with E-state index in [9.17, 15) is 9.59 Å². The molecule has 7 heteroatoms. The molecule has 7 nitrogen and oxygen atoms in total. The molecule has 0 radical (unpaired) electrons. The summed E-state index contributed by atoms with van der Waals surface area (Å²) in [5, 5.41) is 3.43. The van der Waals surface area contributed by atoms with E-state index in [1.165, 1.54) is 5.69 Å². The fourth-order valence-corrected chi connectivity index (χ4v) is 5.05. The largest absolute Gasteiger partial charge is 0.368 e. The predicted octanol–water partition coefficient (Wildman–Crippen LogP) is 2.34. The monoisotopic (exact) mass is 448 g/mol. The molecule has 0 bridgehead atoms. The van der Waals surface area contributed by atoms with E-state index in [4.69, 9.17) is 4.84 Å². The van der Waals surface area contributed by atoms with Crippen molar-refractivity contribution in [2.45, 2.75) is 31.9 Å². The summed E-state index contributed by atoms with van der Waals surface area (Å²) in [4.78, 5) is 36.3. The third-order valence-electron chi connectivity index (χ3n) is 7.28.